The lowest BCUT2D eigenvalue weighted by Gasteiger charge is -2.22. The first kappa shape index (κ1) is 18.1. The second kappa shape index (κ2) is 7.92. The summed E-state index contributed by atoms with van der Waals surface area (Å²) in [7, 11) is 1.74. The normalized spacial score (nSPS) is 12.7. The highest BCUT2D eigenvalue weighted by molar-refractivity contribution is 5.23. The van der Waals surface area contributed by atoms with Gasteiger partial charge in [-0.1, -0.05) is 24.3 Å². The highest BCUT2D eigenvalue weighted by Crippen LogP contribution is 2.14. The quantitative estimate of drug-likeness (QED) is 0.737. The smallest absolute Gasteiger partial charge is 0.0716 e. The van der Waals surface area contributed by atoms with Crippen LogP contribution in [0.25, 0.3) is 0 Å². The summed E-state index contributed by atoms with van der Waals surface area (Å²) in [6, 6.07) is 8.57. The minimum atomic E-state index is -0.113. The molecule has 1 rings (SSSR count). The third kappa shape index (κ3) is 8.20. The summed E-state index contributed by atoms with van der Waals surface area (Å²) in [5, 5.41) is 3.50. The minimum absolute atomic E-state index is 0.113. The van der Waals surface area contributed by atoms with E-state index in [1.165, 1.54) is 11.1 Å². The van der Waals surface area contributed by atoms with E-state index in [1.807, 2.05) is 0 Å². The van der Waals surface area contributed by atoms with Gasteiger partial charge in [0.2, 0.25) is 0 Å². The maximum absolute atomic E-state index is 5.76. The summed E-state index contributed by atoms with van der Waals surface area (Å²) >= 11 is 0. The van der Waals surface area contributed by atoms with Crippen LogP contribution in [0.3, 0.4) is 0 Å². The van der Waals surface area contributed by atoms with Crippen molar-refractivity contribution in [3.05, 3.63) is 35.4 Å². The van der Waals surface area contributed by atoms with E-state index >= 15 is 0 Å². The van der Waals surface area contributed by atoms with Gasteiger partial charge in [-0.05, 0) is 52.2 Å². The Morgan fingerprint density at radius 3 is 2.33 bits per heavy atom. The zero-order valence-electron chi connectivity index (χ0n) is 14.5. The van der Waals surface area contributed by atoms with Gasteiger partial charge < -0.3 is 14.8 Å². The summed E-state index contributed by atoms with van der Waals surface area (Å²) < 4.78 is 11.1. The van der Waals surface area contributed by atoms with Crippen LogP contribution in [0.4, 0.5) is 0 Å². The molecule has 0 heterocycles. The van der Waals surface area contributed by atoms with Crippen LogP contribution in [0.1, 0.15) is 52.2 Å². The zero-order valence-corrected chi connectivity index (χ0v) is 14.5. The SMILES string of the molecule is COC(C)(C)CCOCc1cccc(CNC(C)(C)C)c1. The third-order valence-electron chi connectivity index (χ3n) is 3.48. The number of ether oxygens (including phenoxy) is 2. The molecule has 0 saturated carbocycles. The van der Waals surface area contributed by atoms with Gasteiger partial charge in [0.15, 0.2) is 0 Å². The van der Waals surface area contributed by atoms with Crippen molar-refractivity contribution < 1.29 is 9.47 Å². The van der Waals surface area contributed by atoms with Crippen LogP contribution in [0, 0.1) is 0 Å². The van der Waals surface area contributed by atoms with Crippen LogP contribution in [-0.2, 0) is 22.6 Å². The van der Waals surface area contributed by atoms with E-state index in [0.717, 1.165) is 13.0 Å². The third-order valence-corrected chi connectivity index (χ3v) is 3.48. The Kier molecular flexibility index (Phi) is 6.85. The summed E-state index contributed by atoms with van der Waals surface area (Å²) in [5.41, 5.74) is 2.54. The van der Waals surface area contributed by atoms with Crippen LogP contribution < -0.4 is 5.32 Å². The molecule has 0 spiro atoms. The lowest BCUT2D eigenvalue weighted by atomic mass is 10.1. The number of hydrogen-bond acceptors (Lipinski definition) is 3. The molecule has 3 heteroatoms. The van der Waals surface area contributed by atoms with Gasteiger partial charge >= 0.3 is 0 Å². The Morgan fingerprint density at radius 2 is 1.71 bits per heavy atom. The monoisotopic (exact) mass is 293 g/mol. The van der Waals surface area contributed by atoms with Gasteiger partial charge in [0.05, 0.1) is 12.2 Å². The maximum atomic E-state index is 5.76. The van der Waals surface area contributed by atoms with Gasteiger partial charge in [-0.15, -0.1) is 0 Å². The molecular formula is C18H31NO2. The van der Waals surface area contributed by atoms with E-state index in [2.05, 4.69) is 64.2 Å². The van der Waals surface area contributed by atoms with Gasteiger partial charge in [0.1, 0.15) is 0 Å². The Hall–Kier alpha value is -0.900. The van der Waals surface area contributed by atoms with Crippen molar-refractivity contribution in [2.75, 3.05) is 13.7 Å². The van der Waals surface area contributed by atoms with Crippen molar-refractivity contribution >= 4 is 0 Å². The maximum Gasteiger partial charge on any atom is 0.0716 e. The fourth-order valence-corrected chi connectivity index (χ4v) is 1.81. The topological polar surface area (TPSA) is 30.5 Å². The van der Waals surface area contributed by atoms with Gasteiger partial charge in [-0.2, -0.15) is 0 Å². The van der Waals surface area contributed by atoms with Gasteiger partial charge in [0.25, 0.3) is 0 Å². The van der Waals surface area contributed by atoms with Crippen molar-refractivity contribution in [1.29, 1.82) is 0 Å². The number of hydrogen-bond donors (Lipinski definition) is 1. The number of methoxy groups -OCH3 is 1. The second-order valence-electron chi connectivity index (χ2n) is 7.19. The molecule has 0 amide bonds. The Balaban J connectivity index is 2.39. The molecule has 1 aromatic rings. The first-order chi connectivity index (χ1) is 9.72. The van der Waals surface area contributed by atoms with Crippen molar-refractivity contribution in [3.63, 3.8) is 0 Å². The standard InChI is InChI=1S/C18H31NO2/c1-17(2,3)19-13-15-8-7-9-16(12-15)14-21-11-10-18(4,5)20-6/h7-9,12,19H,10-11,13-14H2,1-6H3. The Bertz CT molecular complexity index is 421. The average Bonchev–Trinajstić information content (AvgIpc) is 2.41. The highest BCUT2D eigenvalue weighted by atomic mass is 16.5. The number of nitrogens with one attached hydrogen (secondary N) is 1. The zero-order chi connectivity index (χ0) is 15.9. The van der Waals surface area contributed by atoms with Crippen LogP contribution >= 0.6 is 0 Å². The first-order valence-electron chi connectivity index (χ1n) is 7.68. The summed E-state index contributed by atoms with van der Waals surface area (Å²) in [5.74, 6) is 0. The lowest BCUT2D eigenvalue weighted by molar-refractivity contribution is -0.0124. The molecule has 0 aromatic heterocycles. The molecule has 1 aromatic carbocycles. The summed E-state index contributed by atoms with van der Waals surface area (Å²) in [6.07, 6.45) is 0.898. The molecule has 0 fully saturated rings. The molecule has 21 heavy (non-hydrogen) atoms. The predicted molar refractivity (Wildman–Crippen MR) is 88.4 cm³/mol. The molecule has 120 valence electrons. The molecule has 0 bridgehead atoms. The predicted octanol–water partition coefficient (Wildman–Crippen LogP) is 3.91. The van der Waals surface area contributed by atoms with E-state index in [1.54, 1.807) is 7.11 Å². The molecule has 0 atom stereocenters. The first-order valence-corrected chi connectivity index (χ1v) is 7.68. The molecule has 0 saturated heterocycles. The Morgan fingerprint density at radius 1 is 1.05 bits per heavy atom. The molecule has 1 N–H and O–H groups in total. The molecular weight excluding hydrogens is 262 g/mol. The van der Waals surface area contributed by atoms with Crippen molar-refractivity contribution in [1.82, 2.24) is 5.32 Å². The molecule has 3 nitrogen and oxygen atoms in total. The second-order valence-corrected chi connectivity index (χ2v) is 7.19. The van der Waals surface area contributed by atoms with E-state index in [9.17, 15) is 0 Å². The summed E-state index contributed by atoms with van der Waals surface area (Å²) in [4.78, 5) is 0. The number of benzene rings is 1. The van der Waals surface area contributed by atoms with Crippen LogP contribution in [-0.4, -0.2) is 24.9 Å². The lowest BCUT2D eigenvalue weighted by Crippen LogP contribution is -2.35. The fourth-order valence-electron chi connectivity index (χ4n) is 1.81. The Labute approximate surface area is 130 Å². The minimum Gasteiger partial charge on any atom is -0.379 e. The van der Waals surface area contributed by atoms with Gasteiger partial charge in [-0.25, -0.2) is 0 Å². The molecule has 0 aliphatic carbocycles. The van der Waals surface area contributed by atoms with Crippen molar-refractivity contribution in [3.8, 4) is 0 Å². The number of rotatable bonds is 8. The van der Waals surface area contributed by atoms with Gasteiger partial charge in [-0.3, -0.25) is 0 Å². The molecule has 0 aliphatic rings. The van der Waals surface area contributed by atoms with Crippen LogP contribution in [0.2, 0.25) is 0 Å². The molecule has 0 radical (unpaired) electrons. The van der Waals surface area contributed by atoms with Crippen molar-refractivity contribution in [2.45, 2.75) is 65.3 Å². The van der Waals surface area contributed by atoms with Crippen LogP contribution in [0.5, 0.6) is 0 Å². The highest BCUT2D eigenvalue weighted by Gasteiger charge is 2.15. The van der Waals surface area contributed by atoms with Crippen molar-refractivity contribution in [2.24, 2.45) is 0 Å². The van der Waals surface area contributed by atoms with Crippen LogP contribution in [0.15, 0.2) is 24.3 Å². The largest absolute Gasteiger partial charge is 0.379 e. The average molecular weight is 293 g/mol. The van der Waals surface area contributed by atoms with E-state index < -0.39 is 0 Å². The van der Waals surface area contributed by atoms with E-state index in [4.69, 9.17) is 9.47 Å². The van der Waals surface area contributed by atoms with Gasteiger partial charge in [0, 0.05) is 25.8 Å². The molecule has 0 unspecified atom stereocenters. The molecule has 0 aliphatic heterocycles. The van der Waals surface area contributed by atoms with E-state index in [0.29, 0.717) is 13.2 Å². The van der Waals surface area contributed by atoms with E-state index in [-0.39, 0.29) is 11.1 Å². The summed E-state index contributed by atoms with van der Waals surface area (Å²) in [6.45, 7) is 12.9. The fraction of sp³-hybridized carbons (Fsp3) is 0.667.